The van der Waals surface area contributed by atoms with Gasteiger partial charge in [-0.3, -0.25) is 10.1 Å². The van der Waals surface area contributed by atoms with E-state index in [2.05, 4.69) is 15.8 Å². The van der Waals surface area contributed by atoms with Crippen LogP contribution in [0, 0.1) is 6.92 Å². The number of rotatable bonds is 4. The van der Waals surface area contributed by atoms with Crippen molar-refractivity contribution in [1.29, 1.82) is 0 Å². The van der Waals surface area contributed by atoms with Crippen LogP contribution in [0.1, 0.15) is 32.0 Å². The lowest BCUT2D eigenvalue weighted by molar-refractivity contribution is -0.114. The summed E-state index contributed by atoms with van der Waals surface area (Å²) in [4.78, 5) is 11.9. The van der Waals surface area contributed by atoms with Crippen molar-refractivity contribution in [2.75, 3.05) is 17.2 Å². The molecule has 0 saturated heterocycles. The molecule has 0 saturated carbocycles. The Bertz CT molecular complexity index is 626. The summed E-state index contributed by atoms with van der Waals surface area (Å²) < 4.78 is 5.13. The van der Waals surface area contributed by atoms with Gasteiger partial charge < -0.3 is 9.84 Å². The molecule has 1 aromatic heterocycles. The first kappa shape index (κ1) is 15.1. The Morgan fingerprint density at radius 3 is 2.62 bits per heavy atom. The van der Waals surface area contributed by atoms with Gasteiger partial charge in [0.15, 0.2) is 0 Å². The Labute approximate surface area is 124 Å². The third-order valence-electron chi connectivity index (χ3n) is 3.13. The molecule has 0 atom stereocenters. The van der Waals surface area contributed by atoms with Gasteiger partial charge in [0.2, 0.25) is 11.8 Å². The molecule has 0 unspecified atom stereocenters. The van der Waals surface area contributed by atoms with Crippen molar-refractivity contribution < 1.29 is 9.32 Å². The van der Waals surface area contributed by atoms with Crippen LogP contribution < -0.4 is 10.6 Å². The molecule has 0 bridgehead atoms. The molecule has 0 aliphatic heterocycles. The van der Waals surface area contributed by atoms with Crippen LogP contribution in [0.25, 0.3) is 0 Å². The summed E-state index contributed by atoms with van der Waals surface area (Å²) in [6.07, 6.45) is 0. The molecule has 5 heteroatoms. The normalized spacial score (nSPS) is 11.2. The Hall–Kier alpha value is -2.30. The average Bonchev–Trinajstić information content (AvgIpc) is 2.86. The molecular formula is C16H21N3O2. The van der Waals surface area contributed by atoms with Gasteiger partial charge in [0, 0.05) is 17.2 Å². The summed E-state index contributed by atoms with van der Waals surface area (Å²) in [7, 11) is 0. The molecular weight excluding hydrogens is 266 g/mol. The van der Waals surface area contributed by atoms with Crippen LogP contribution in [0.15, 0.2) is 34.9 Å². The summed E-state index contributed by atoms with van der Waals surface area (Å²) in [5.74, 6) is 0.200. The molecule has 1 amide bonds. The molecule has 1 aromatic carbocycles. The number of nitrogens with one attached hydrogen (secondary N) is 2. The fourth-order valence-corrected chi connectivity index (χ4v) is 1.82. The van der Waals surface area contributed by atoms with Gasteiger partial charge in [-0.25, -0.2) is 0 Å². The van der Waals surface area contributed by atoms with Crippen LogP contribution >= 0.6 is 0 Å². The molecule has 112 valence electrons. The van der Waals surface area contributed by atoms with E-state index < -0.39 is 0 Å². The van der Waals surface area contributed by atoms with Crippen molar-refractivity contribution in [2.24, 2.45) is 0 Å². The van der Waals surface area contributed by atoms with Gasteiger partial charge in [0.25, 0.3) is 0 Å². The standard InChI is InChI=1S/C16H21N3O2/c1-11-7-5-6-8-12(11)17-10-14(20)18-15-9-13(19-21-15)16(2,3)4/h5-9,17H,10H2,1-4H3,(H,18,20). The second-order valence-electron chi connectivity index (χ2n) is 6.04. The maximum absolute atomic E-state index is 11.9. The van der Waals surface area contributed by atoms with E-state index in [0.717, 1.165) is 16.9 Å². The Kier molecular flexibility index (Phi) is 4.31. The van der Waals surface area contributed by atoms with E-state index in [-0.39, 0.29) is 17.9 Å². The number of hydrogen-bond donors (Lipinski definition) is 2. The van der Waals surface area contributed by atoms with Gasteiger partial charge in [-0.2, -0.15) is 0 Å². The van der Waals surface area contributed by atoms with E-state index >= 15 is 0 Å². The van der Waals surface area contributed by atoms with Gasteiger partial charge in [0.05, 0.1) is 12.2 Å². The Morgan fingerprint density at radius 1 is 1.29 bits per heavy atom. The van der Waals surface area contributed by atoms with Crippen molar-refractivity contribution in [2.45, 2.75) is 33.1 Å². The molecule has 2 N–H and O–H groups in total. The summed E-state index contributed by atoms with van der Waals surface area (Å²) >= 11 is 0. The van der Waals surface area contributed by atoms with E-state index in [1.54, 1.807) is 6.07 Å². The van der Waals surface area contributed by atoms with Crippen LogP contribution in [0.3, 0.4) is 0 Å². The highest BCUT2D eigenvalue weighted by Crippen LogP contribution is 2.23. The molecule has 0 spiro atoms. The fraction of sp³-hybridized carbons (Fsp3) is 0.375. The molecule has 0 aliphatic carbocycles. The van der Waals surface area contributed by atoms with E-state index in [4.69, 9.17) is 4.52 Å². The van der Waals surface area contributed by atoms with Gasteiger partial charge in [-0.05, 0) is 18.6 Å². The Morgan fingerprint density at radius 2 is 2.00 bits per heavy atom. The molecule has 0 fully saturated rings. The first-order valence-corrected chi connectivity index (χ1v) is 6.93. The van der Waals surface area contributed by atoms with Crippen LogP contribution in [0.2, 0.25) is 0 Å². The minimum absolute atomic E-state index is 0.105. The maximum Gasteiger partial charge on any atom is 0.246 e. The minimum Gasteiger partial charge on any atom is -0.376 e. The number of para-hydroxylation sites is 1. The second-order valence-corrected chi connectivity index (χ2v) is 6.04. The summed E-state index contributed by atoms with van der Waals surface area (Å²) in [6.45, 7) is 8.28. The molecule has 5 nitrogen and oxygen atoms in total. The van der Waals surface area contributed by atoms with E-state index in [1.807, 2.05) is 52.0 Å². The second kappa shape index (κ2) is 5.99. The predicted molar refractivity (Wildman–Crippen MR) is 83.5 cm³/mol. The Balaban J connectivity index is 1.90. The predicted octanol–water partition coefficient (Wildman–Crippen LogP) is 3.33. The topological polar surface area (TPSA) is 67.2 Å². The van der Waals surface area contributed by atoms with Crippen molar-refractivity contribution in [3.63, 3.8) is 0 Å². The quantitative estimate of drug-likeness (QED) is 0.905. The van der Waals surface area contributed by atoms with Crippen molar-refractivity contribution >= 4 is 17.5 Å². The van der Waals surface area contributed by atoms with Gasteiger partial charge in [0.1, 0.15) is 0 Å². The van der Waals surface area contributed by atoms with Crippen LogP contribution in [-0.4, -0.2) is 17.6 Å². The highest BCUT2D eigenvalue weighted by molar-refractivity contribution is 5.92. The van der Waals surface area contributed by atoms with Crippen molar-refractivity contribution in [3.8, 4) is 0 Å². The van der Waals surface area contributed by atoms with E-state index in [1.165, 1.54) is 0 Å². The third kappa shape index (κ3) is 4.08. The number of carbonyl (C=O) groups is 1. The molecule has 0 aliphatic rings. The third-order valence-corrected chi connectivity index (χ3v) is 3.13. The number of aromatic nitrogens is 1. The molecule has 21 heavy (non-hydrogen) atoms. The first-order chi connectivity index (χ1) is 9.86. The highest BCUT2D eigenvalue weighted by atomic mass is 16.5. The van der Waals surface area contributed by atoms with Crippen LogP contribution in [0.5, 0.6) is 0 Å². The lowest BCUT2D eigenvalue weighted by Crippen LogP contribution is -2.21. The van der Waals surface area contributed by atoms with Gasteiger partial charge in [-0.1, -0.05) is 44.1 Å². The smallest absolute Gasteiger partial charge is 0.246 e. The van der Waals surface area contributed by atoms with E-state index in [0.29, 0.717) is 5.88 Å². The summed E-state index contributed by atoms with van der Waals surface area (Å²) in [6, 6.07) is 9.58. The highest BCUT2D eigenvalue weighted by Gasteiger charge is 2.19. The van der Waals surface area contributed by atoms with Crippen molar-refractivity contribution in [3.05, 3.63) is 41.6 Å². The number of hydrogen-bond acceptors (Lipinski definition) is 4. The van der Waals surface area contributed by atoms with E-state index in [9.17, 15) is 4.79 Å². The number of carbonyl (C=O) groups excluding carboxylic acids is 1. The SMILES string of the molecule is Cc1ccccc1NCC(=O)Nc1cc(C(C)(C)C)no1. The first-order valence-electron chi connectivity index (χ1n) is 6.93. The number of nitrogens with zero attached hydrogens (tertiary/aromatic N) is 1. The average molecular weight is 287 g/mol. The number of amides is 1. The van der Waals surface area contributed by atoms with Crippen molar-refractivity contribution in [1.82, 2.24) is 5.16 Å². The zero-order valence-corrected chi connectivity index (χ0v) is 12.9. The molecule has 0 radical (unpaired) electrons. The number of aryl methyl sites for hydroxylation is 1. The molecule has 2 rings (SSSR count). The minimum atomic E-state index is -0.171. The molecule has 2 aromatic rings. The number of benzene rings is 1. The van der Waals surface area contributed by atoms with Crippen LogP contribution in [0.4, 0.5) is 11.6 Å². The lowest BCUT2D eigenvalue weighted by atomic mass is 9.92. The van der Waals surface area contributed by atoms with Gasteiger partial charge in [-0.15, -0.1) is 0 Å². The summed E-state index contributed by atoms with van der Waals surface area (Å²) in [5, 5.41) is 9.75. The zero-order chi connectivity index (χ0) is 15.5. The largest absolute Gasteiger partial charge is 0.376 e. The fourth-order valence-electron chi connectivity index (χ4n) is 1.82. The number of anilines is 2. The summed E-state index contributed by atoms with van der Waals surface area (Å²) in [5.41, 5.74) is 2.75. The lowest BCUT2D eigenvalue weighted by Gasteiger charge is -2.12. The monoisotopic (exact) mass is 287 g/mol. The maximum atomic E-state index is 11.9. The van der Waals surface area contributed by atoms with Crippen LogP contribution in [-0.2, 0) is 10.2 Å². The van der Waals surface area contributed by atoms with Gasteiger partial charge >= 0.3 is 0 Å². The zero-order valence-electron chi connectivity index (χ0n) is 12.9. The molecule has 1 heterocycles.